The Kier molecular flexibility index (Phi) is 5.16. The number of amides is 1. The minimum atomic E-state index is -0.865. The van der Waals surface area contributed by atoms with Crippen LogP contribution in [0.2, 0.25) is 0 Å². The molecule has 1 fully saturated rings. The summed E-state index contributed by atoms with van der Waals surface area (Å²) >= 11 is 0. The first kappa shape index (κ1) is 18.9. The van der Waals surface area contributed by atoms with E-state index in [1.165, 1.54) is 0 Å². The van der Waals surface area contributed by atoms with Crippen molar-refractivity contribution in [3.8, 4) is 0 Å². The number of carbonyl (C=O) groups excluding carboxylic acids is 1. The van der Waals surface area contributed by atoms with Crippen molar-refractivity contribution >= 4 is 11.9 Å². The lowest BCUT2D eigenvalue weighted by Gasteiger charge is -2.28. The lowest BCUT2D eigenvalue weighted by molar-refractivity contribution is -0.142. The first-order chi connectivity index (χ1) is 14.0. The molecule has 3 aromatic rings. The molecule has 0 radical (unpaired) electrons. The summed E-state index contributed by atoms with van der Waals surface area (Å²) in [6.07, 6.45) is 4.00. The molecular formula is C23H23N3O3. The van der Waals surface area contributed by atoms with Crippen LogP contribution < -0.4 is 0 Å². The molecule has 2 atom stereocenters. The Morgan fingerprint density at radius 1 is 1.10 bits per heavy atom. The van der Waals surface area contributed by atoms with Crippen LogP contribution in [0.4, 0.5) is 0 Å². The van der Waals surface area contributed by atoms with Crippen molar-refractivity contribution in [2.24, 2.45) is 5.92 Å². The van der Waals surface area contributed by atoms with Crippen molar-refractivity contribution < 1.29 is 14.7 Å². The number of nitrogens with zero attached hydrogens (tertiary/aromatic N) is 3. The second-order valence-corrected chi connectivity index (χ2v) is 7.45. The maximum absolute atomic E-state index is 13.5. The lowest BCUT2D eigenvalue weighted by atomic mass is 9.93. The molecule has 148 valence electrons. The van der Waals surface area contributed by atoms with Gasteiger partial charge < -0.3 is 10.0 Å². The first-order valence-electron chi connectivity index (χ1n) is 9.70. The van der Waals surface area contributed by atoms with Crippen LogP contribution >= 0.6 is 0 Å². The summed E-state index contributed by atoms with van der Waals surface area (Å²) in [6.45, 7) is 2.90. The Balaban J connectivity index is 1.68. The molecule has 2 heterocycles. The fourth-order valence-corrected chi connectivity index (χ4v) is 4.04. The van der Waals surface area contributed by atoms with Gasteiger partial charge in [-0.05, 0) is 36.6 Å². The Bertz CT molecular complexity index is 1010. The van der Waals surface area contributed by atoms with E-state index in [0.29, 0.717) is 25.1 Å². The average Bonchev–Trinajstić information content (AvgIpc) is 3.38. The molecule has 0 aliphatic carbocycles. The fourth-order valence-electron chi connectivity index (χ4n) is 4.04. The Labute approximate surface area is 169 Å². The molecule has 1 aromatic heterocycles. The normalized spacial score (nSPS) is 18.7. The van der Waals surface area contributed by atoms with E-state index in [1.54, 1.807) is 15.8 Å². The molecule has 0 unspecified atom stereocenters. The Hall–Kier alpha value is -3.41. The fraction of sp³-hybridized carbons (Fsp3) is 0.261. The van der Waals surface area contributed by atoms with Gasteiger partial charge in [0.2, 0.25) is 0 Å². The predicted molar refractivity (Wildman–Crippen MR) is 108 cm³/mol. The molecule has 1 aliphatic heterocycles. The van der Waals surface area contributed by atoms with Gasteiger partial charge in [0.1, 0.15) is 0 Å². The van der Waals surface area contributed by atoms with E-state index < -0.39 is 17.9 Å². The van der Waals surface area contributed by atoms with Crippen LogP contribution in [0.3, 0.4) is 0 Å². The van der Waals surface area contributed by atoms with Crippen LogP contribution in [-0.2, 0) is 11.3 Å². The molecule has 1 N–H and O–H groups in total. The van der Waals surface area contributed by atoms with E-state index in [2.05, 4.69) is 5.10 Å². The molecular weight excluding hydrogens is 366 g/mol. The zero-order valence-corrected chi connectivity index (χ0v) is 16.2. The monoisotopic (exact) mass is 389 g/mol. The highest BCUT2D eigenvalue weighted by Gasteiger charge is 2.42. The number of rotatable bonds is 5. The summed E-state index contributed by atoms with van der Waals surface area (Å²) < 4.78 is 1.77. The number of aryl methyl sites for hydroxylation is 1. The second-order valence-electron chi connectivity index (χ2n) is 7.45. The Morgan fingerprint density at radius 3 is 2.55 bits per heavy atom. The lowest BCUT2D eigenvalue weighted by Crippen LogP contribution is -2.34. The van der Waals surface area contributed by atoms with Crippen molar-refractivity contribution in [1.82, 2.24) is 14.7 Å². The summed E-state index contributed by atoms with van der Waals surface area (Å²) in [6, 6.07) is 16.6. The van der Waals surface area contributed by atoms with E-state index in [-0.39, 0.29) is 5.91 Å². The van der Waals surface area contributed by atoms with Crippen LogP contribution in [0.15, 0.2) is 67.0 Å². The Morgan fingerprint density at radius 2 is 1.86 bits per heavy atom. The first-order valence-corrected chi connectivity index (χ1v) is 9.70. The number of aliphatic carboxylic acids is 1. The molecule has 4 rings (SSSR count). The van der Waals surface area contributed by atoms with E-state index in [1.807, 2.05) is 67.7 Å². The van der Waals surface area contributed by atoms with Gasteiger partial charge in [0, 0.05) is 24.5 Å². The number of hydrogen-bond acceptors (Lipinski definition) is 3. The van der Waals surface area contributed by atoms with Crippen LogP contribution in [-0.4, -0.2) is 38.2 Å². The van der Waals surface area contributed by atoms with Crippen molar-refractivity contribution in [2.45, 2.75) is 25.9 Å². The predicted octanol–water partition coefficient (Wildman–Crippen LogP) is 3.53. The number of carbonyl (C=O) groups is 2. The van der Waals surface area contributed by atoms with E-state index in [0.717, 1.165) is 16.7 Å². The SMILES string of the molecule is Cc1ccc([C@@H]2[C@H](C(=O)O)CCN2C(=O)c2ccccc2Cn2cccn2)cc1. The molecule has 6 nitrogen and oxygen atoms in total. The number of aromatic nitrogens is 2. The summed E-state index contributed by atoms with van der Waals surface area (Å²) in [7, 11) is 0. The summed E-state index contributed by atoms with van der Waals surface area (Å²) in [5.41, 5.74) is 3.41. The number of hydrogen-bond donors (Lipinski definition) is 1. The van der Waals surface area contributed by atoms with Crippen LogP contribution in [0, 0.1) is 12.8 Å². The third kappa shape index (κ3) is 3.78. The molecule has 0 spiro atoms. The van der Waals surface area contributed by atoms with Crippen LogP contribution in [0.1, 0.15) is 39.5 Å². The van der Waals surface area contributed by atoms with E-state index >= 15 is 0 Å². The number of benzene rings is 2. The molecule has 0 bridgehead atoms. The standard InChI is InChI=1S/C23H23N3O3/c1-16-7-9-17(10-8-16)21-20(23(28)29)11-14-26(21)22(27)19-6-3-2-5-18(19)15-25-13-4-12-24-25/h2-10,12-13,20-21H,11,14-15H2,1H3,(H,28,29)/t20-,21-/m1/s1. The van der Waals surface area contributed by atoms with Gasteiger partial charge in [0.05, 0.1) is 18.5 Å². The smallest absolute Gasteiger partial charge is 0.309 e. The molecule has 29 heavy (non-hydrogen) atoms. The third-order valence-corrected chi connectivity index (χ3v) is 5.53. The van der Waals surface area contributed by atoms with E-state index in [9.17, 15) is 14.7 Å². The largest absolute Gasteiger partial charge is 0.481 e. The van der Waals surface area contributed by atoms with Gasteiger partial charge in [0.25, 0.3) is 5.91 Å². The molecule has 0 saturated carbocycles. The molecule has 1 saturated heterocycles. The molecule has 1 aliphatic rings. The van der Waals surface area contributed by atoms with Gasteiger partial charge in [-0.25, -0.2) is 0 Å². The average molecular weight is 389 g/mol. The van der Waals surface area contributed by atoms with Gasteiger partial charge in [-0.2, -0.15) is 5.10 Å². The third-order valence-electron chi connectivity index (χ3n) is 5.53. The topological polar surface area (TPSA) is 75.4 Å². The van der Waals surface area contributed by atoms with Crippen LogP contribution in [0.25, 0.3) is 0 Å². The van der Waals surface area contributed by atoms with Gasteiger partial charge in [-0.15, -0.1) is 0 Å². The highest BCUT2D eigenvalue weighted by atomic mass is 16.4. The van der Waals surface area contributed by atoms with Crippen molar-refractivity contribution in [2.75, 3.05) is 6.54 Å². The van der Waals surface area contributed by atoms with Gasteiger partial charge in [0.15, 0.2) is 0 Å². The van der Waals surface area contributed by atoms with Gasteiger partial charge in [-0.1, -0.05) is 48.0 Å². The summed E-state index contributed by atoms with van der Waals surface area (Å²) in [4.78, 5) is 27.1. The summed E-state index contributed by atoms with van der Waals surface area (Å²) in [5.74, 6) is -1.61. The summed E-state index contributed by atoms with van der Waals surface area (Å²) in [5, 5.41) is 14.0. The number of likely N-dealkylation sites (tertiary alicyclic amines) is 1. The zero-order valence-electron chi connectivity index (χ0n) is 16.2. The maximum atomic E-state index is 13.5. The quantitative estimate of drug-likeness (QED) is 0.724. The van der Waals surface area contributed by atoms with Crippen LogP contribution in [0.5, 0.6) is 0 Å². The van der Waals surface area contributed by atoms with E-state index in [4.69, 9.17) is 0 Å². The number of carboxylic acid groups (broad SMARTS) is 1. The highest BCUT2D eigenvalue weighted by Crippen LogP contribution is 2.38. The maximum Gasteiger partial charge on any atom is 0.309 e. The zero-order chi connectivity index (χ0) is 20.4. The highest BCUT2D eigenvalue weighted by molar-refractivity contribution is 5.96. The number of carboxylic acids is 1. The molecule has 6 heteroatoms. The second kappa shape index (κ2) is 7.91. The van der Waals surface area contributed by atoms with Gasteiger partial charge >= 0.3 is 5.97 Å². The van der Waals surface area contributed by atoms with Crippen molar-refractivity contribution in [3.63, 3.8) is 0 Å². The molecule has 1 amide bonds. The van der Waals surface area contributed by atoms with Crippen molar-refractivity contribution in [1.29, 1.82) is 0 Å². The van der Waals surface area contributed by atoms with Crippen molar-refractivity contribution in [3.05, 3.63) is 89.2 Å². The minimum Gasteiger partial charge on any atom is -0.481 e. The minimum absolute atomic E-state index is 0.137. The van der Waals surface area contributed by atoms with Gasteiger partial charge in [-0.3, -0.25) is 14.3 Å². The molecule has 2 aromatic carbocycles.